The maximum atomic E-state index is 7.13. The minimum atomic E-state index is 0. The zero-order valence-corrected chi connectivity index (χ0v) is 11.7. The van der Waals surface area contributed by atoms with Crippen molar-refractivity contribution in [3.05, 3.63) is 10.8 Å². The Bertz CT molecular complexity index is 92.7. The quantitative estimate of drug-likeness (QED) is 0.410. The minimum Gasteiger partial charge on any atom is -0.753 e. The van der Waals surface area contributed by atoms with Gasteiger partial charge in [0.25, 0.3) is 0 Å². The molecule has 0 aromatic carbocycles. The van der Waals surface area contributed by atoms with Gasteiger partial charge in [-0.2, -0.15) is 10.3 Å². The van der Waals surface area contributed by atoms with E-state index in [1.54, 1.807) is 0 Å². The zero-order chi connectivity index (χ0) is 8.83. The number of hydrogen-bond donors (Lipinski definition) is 2. The number of isothiocyanates is 2. The molecule has 0 radical (unpaired) electrons. The zero-order valence-electron chi connectivity index (χ0n) is 5.99. The molecule has 0 rings (SSSR count). The second-order valence-corrected chi connectivity index (χ2v) is 1.13. The molecule has 0 saturated carbocycles. The first-order valence-electron chi connectivity index (χ1n) is 2.17. The van der Waals surface area contributed by atoms with E-state index in [-0.39, 0.29) is 27.3 Å². The Balaban J connectivity index is -0.0000000325. The van der Waals surface area contributed by atoms with Crippen molar-refractivity contribution in [1.82, 2.24) is 0 Å². The van der Waals surface area contributed by atoms with Crippen molar-refractivity contribution < 1.29 is 27.3 Å². The van der Waals surface area contributed by atoms with Crippen LogP contribution < -0.4 is 11.5 Å². The van der Waals surface area contributed by atoms with Crippen LogP contribution in [0, 0.1) is 0 Å². The SMILES string of the molecule is NCCN.[Cd+2].[N-]=C=S.[N-]=C=S. The van der Waals surface area contributed by atoms with E-state index in [2.05, 4.69) is 24.4 Å². The molecule has 0 unspecified atom stereocenters. The summed E-state index contributed by atoms with van der Waals surface area (Å²) in [5.74, 6) is 0. The molecule has 0 aliphatic rings. The summed E-state index contributed by atoms with van der Waals surface area (Å²) in [6.07, 6.45) is 0. The topological polar surface area (TPSA) is 96.6 Å². The first kappa shape index (κ1) is 22.5. The Morgan fingerprint density at radius 3 is 1.09 bits per heavy atom. The van der Waals surface area contributed by atoms with Crippen molar-refractivity contribution in [2.75, 3.05) is 13.1 Å². The maximum absolute atomic E-state index is 7.13. The second-order valence-electron chi connectivity index (χ2n) is 0.760. The molecule has 0 saturated heterocycles. The smallest absolute Gasteiger partial charge is 0.753 e. The summed E-state index contributed by atoms with van der Waals surface area (Å²) in [7, 11) is 0. The number of rotatable bonds is 1. The summed E-state index contributed by atoms with van der Waals surface area (Å²) >= 11 is 7.40. The van der Waals surface area contributed by atoms with E-state index < -0.39 is 0 Å². The third-order valence-corrected chi connectivity index (χ3v) is 0.167. The first-order valence-corrected chi connectivity index (χ1v) is 2.99. The standard InChI is InChI=1S/C2H8N2.2CNS.Cd/c3-1-2-4;2*2-1-3;/h1-4H2;;;/q;2*-1;+2. The molecule has 0 atom stereocenters. The Morgan fingerprint density at radius 2 is 1.09 bits per heavy atom. The van der Waals surface area contributed by atoms with Gasteiger partial charge in [-0.25, -0.2) is 0 Å². The summed E-state index contributed by atoms with van der Waals surface area (Å²) in [4.78, 5) is 0. The average molecular weight is 289 g/mol. The molecule has 0 bridgehead atoms. The van der Waals surface area contributed by atoms with Gasteiger partial charge < -0.3 is 22.3 Å². The van der Waals surface area contributed by atoms with E-state index >= 15 is 0 Å². The fraction of sp³-hybridized carbons (Fsp3) is 0.500. The van der Waals surface area contributed by atoms with Gasteiger partial charge in [-0.1, -0.05) is 24.4 Å². The van der Waals surface area contributed by atoms with Gasteiger partial charge in [0.05, 0.1) is 0 Å². The van der Waals surface area contributed by atoms with E-state index in [1.165, 1.54) is 10.3 Å². The normalized spacial score (nSPS) is 4.18. The number of nitrogens with zero attached hydrogens (tertiary/aromatic N) is 2. The third-order valence-electron chi connectivity index (χ3n) is 0.167. The summed E-state index contributed by atoms with van der Waals surface area (Å²) < 4.78 is 0. The molecule has 0 spiro atoms. The summed E-state index contributed by atoms with van der Waals surface area (Å²) in [5, 5.41) is 16.9. The van der Waals surface area contributed by atoms with Crippen LogP contribution in [0.5, 0.6) is 0 Å². The van der Waals surface area contributed by atoms with Crippen molar-refractivity contribution in [2.24, 2.45) is 11.5 Å². The van der Waals surface area contributed by atoms with Crippen LogP contribution in [-0.2, 0) is 27.3 Å². The van der Waals surface area contributed by atoms with Crippen LogP contribution in [0.15, 0.2) is 0 Å². The summed E-state index contributed by atoms with van der Waals surface area (Å²) in [6, 6.07) is 0. The largest absolute Gasteiger partial charge is 2.00 e. The van der Waals surface area contributed by atoms with Crippen LogP contribution in [0.1, 0.15) is 0 Å². The van der Waals surface area contributed by atoms with Crippen LogP contribution in [0.3, 0.4) is 0 Å². The molecule has 4 nitrogen and oxygen atoms in total. The van der Waals surface area contributed by atoms with Crippen LogP contribution in [0.25, 0.3) is 10.8 Å². The molecule has 0 fully saturated rings. The maximum Gasteiger partial charge on any atom is 2.00 e. The minimum absolute atomic E-state index is 0. The Labute approximate surface area is 96.9 Å². The molecule has 0 aromatic heterocycles. The predicted octanol–water partition coefficient (Wildman–Crippen LogP) is 0.218. The molecular weight excluding hydrogens is 281 g/mol. The van der Waals surface area contributed by atoms with Crippen molar-refractivity contribution in [1.29, 1.82) is 0 Å². The van der Waals surface area contributed by atoms with Gasteiger partial charge in [0, 0.05) is 13.1 Å². The van der Waals surface area contributed by atoms with Gasteiger partial charge in [0.1, 0.15) is 0 Å². The fourth-order valence-electron chi connectivity index (χ4n) is 0. The van der Waals surface area contributed by atoms with Crippen molar-refractivity contribution in [2.45, 2.75) is 0 Å². The van der Waals surface area contributed by atoms with Crippen LogP contribution >= 0.6 is 24.4 Å². The van der Waals surface area contributed by atoms with Crippen LogP contribution in [-0.4, -0.2) is 23.4 Å². The third kappa shape index (κ3) is 358. The van der Waals surface area contributed by atoms with E-state index in [0.29, 0.717) is 13.1 Å². The molecule has 0 aromatic rings. The van der Waals surface area contributed by atoms with Crippen molar-refractivity contribution >= 4 is 34.8 Å². The molecule has 0 amide bonds. The van der Waals surface area contributed by atoms with Crippen molar-refractivity contribution in [3.63, 3.8) is 0 Å². The molecule has 58 valence electrons. The molecular formula is C4H8CdN4S2. The molecule has 0 aliphatic carbocycles. The van der Waals surface area contributed by atoms with Crippen LogP contribution in [0.2, 0.25) is 0 Å². The van der Waals surface area contributed by atoms with Gasteiger partial charge in [0.15, 0.2) is 0 Å². The molecule has 0 aliphatic heterocycles. The van der Waals surface area contributed by atoms with E-state index in [0.717, 1.165) is 0 Å². The Hall–Kier alpha value is 0.442. The molecule has 4 N–H and O–H groups in total. The molecule has 0 heterocycles. The number of hydrogen-bond acceptors (Lipinski definition) is 4. The molecule has 11 heavy (non-hydrogen) atoms. The number of thiocarbonyl (C=S) groups is 2. The average Bonchev–Trinajstić information content (AvgIpc) is 1.91. The van der Waals surface area contributed by atoms with Gasteiger partial charge in [-0.05, 0) is 0 Å². The Morgan fingerprint density at radius 1 is 1.00 bits per heavy atom. The summed E-state index contributed by atoms with van der Waals surface area (Å²) in [6.45, 7) is 1.19. The monoisotopic (exact) mass is 290 g/mol. The van der Waals surface area contributed by atoms with Gasteiger partial charge in [-0.3, -0.25) is 0 Å². The predicted molar refractivity (Wildman–Crippen MR) is 50.0 cm³/mol. The molecule has 7 heteroatoms. The summed E-state index contributed by atoms with van der Waals surface area (Å²) in [5.41, 5.74) is 9.81. The van der Waals surface area contributed by atoms with E-state index in [1.807, 2.05) is 0 Å². The van der Waals surface area contributed by atoms with Crippen LogP contribution in [0.4, 0.5) is 0 Å². The van der Waals surface area contributed by atoms with Crippen molar-refractivity contribution in [3.8, 4) is 0 Å². The van der Waals surface area contributed by atoms with Gasteiger partial charge in [-0.15, -0.1) is 0 Å². The van der Waals surface area contributed by atoms with E-state index in [9.17, 15) is 0 Å². The second kappa shape index (κ2) is 47.2. The first-order chi connectivity index (χ1) is 4.74. The number of nitrogens with two attached hydrogens (primary N) is 2. The van der Waals surface area contributed by atoms with Gasteiger partial charge >= 0.3 is 27.3 Å². The van der Waals surface area contributed by atoms with Gasteiger partial charge in [0.2, 0.25) is 0 Å². The fourth-order valence-corrected chi connectivity index (χ4v) is 0. The van der Waals surface area contributed by atoms with E-state index in [4.69, 9.17) is 22.3 Å². The Kier molecular flexibility index (Phi) is 96.6.